The highest BCUT2D eigenvalue weighted by Crippen LogP contribution is 2.29. The molecule has 1 saturated heterocycles. The maximum Gasteiger partial charge on any atom is 0.254 e. The Hall–Kier alpha value is -3.89. The lowest BCUT2D eigenvalue weighted by Gasteiger charge is -2.38. The number of nitrogens with zero attached hydrogens (tertiary/aromatic N) is 3. The number of fused-ring (bicyclic) bond motifs is 5. The highest BCUT2D eigenvalue weighted by Gasteiger charge is 2.32. The molecule has 5 rings (SSSR count). The van der Waals surface area contributed by atoms with E-state index in [0.717, 1.165) is 24.4 Å². The Balaban J connectivity index is 1.41. The highest BCUT2D eigenvalue weighted by molar-refractivity contribution is 5.97. The zero-order valence-corrected chi connectivity index (χ0v) is 23.3. The zero-order chi connectivity index (χ0) is 28.1. The van der Waals surface area contributed by atoms with Gasteiger partial charge in [0.05, 0.1) is 38.4 Å². The number of aromatic amines is 1. The van der Waals surface area contributed by atoms with Crippen LogP contribution < -0.4 is 14.8 Å². The van der Waals surface area contributed by atoms with Crippen molar-refractivity contribution in [2.45, 2.75) is 45.6 Å². The number of ether oxygens (including phenoxy) is 3. The van der Waals surface area contributed by atoms with Gasteiger partial charge in [0.1, 0.15) is 23.1 Å². The second kappa shape index (κ2) is 12.5. The molecule has 2 atom stereocenters. The normalized spacial score (nSPS) is 20.6. The van der Waals surface area contributed by atoms with E-state index in [1.54, 1.807) is 31.4 Å². The van der Waals surface area contributed by atoms with E-state index >= 15 is 0 Å². The molecule has 1 fully saturated rings. The van der Waals surface area contributed by atoms with Crippen molar-refractivity contribution in [1.82, 2.24) is 25.1 Å². The molecule has 40 heavy (non-hydrogen) atoms. The minimum absolute atomic E-state index is 0.0789. The fourth-order valence-electron chi connectivity index (χ4n) is 4.95. The van der Waals surface area contributed by atoms with E-state index in [2.05, 4.69) is 34.0 Å². The third-order valence-electron chi connectivity index (χ3n) is 6.95. The molecule has 0 saturated carbocycles. The van der Waals surface area contributed by atoms with E-state index in [9.17, 15) is 9.59 Å². The number of hydrogen-bond acceptors (Lipinski definition) is 7. The first-order valence-electron chi connectivity index (χ1n) is 13.7. The summed E-state index contributed by atoms with van der Waals surface area (Å²) in [5.74, 6) is 2.34. The number of likely N-dealkylation sites (N-methyl/N-ethyl adjacent to an activating group) is 1. The lowest BCUT2D eigenvalue weighted by molar-refractivity contribution is -0.125. The fraction of sp³-hybridized carbons (Fsp3) is 0.433. The average molecular weight is 548 g/mol. The van der Waals surface area contributed by atoms with Gasteiger partial charge in [0.15, 0.2) is 0 Å². The molecule has 1 aromatic heterocycles. The molecule has 0 radical (unpaired) electrons. The molecule has 2 aromatic carbocycles. The van der Waals surface area contributed by atoms with Crippen LogP contribution in [-0.4, -0.2) is 77.0 Å². The van der Waals surface area contributed by atoms with Gasteiger partial charge in [0.2, 0.25) is 5.91 Å². The van der Waals surface area contributed by atoms with Crippen LogP contribution in [0.5, 0.6) is 17.2 Å². The van der Waals surface area contributed by atoms with Crippen LogP contribution in [0.15, 0.2) is 54.9 Å². The standard InChI is InChI=1S/C30H37N5O5/c1-20(2)18-38-24-12-22-13-25(14-24)40-23-6-4-5-21(11-23)19-39-27-15-35(16-28-31-8-9-32-28)10-7-26(27)33-29(36)17-34(3)30(22)37/h4-6,8-9,11-14,20,26-27H,7,10,15-19H2,1-3H3,(H,31,32)(H,33,36)/t26-,27-/m0/s1. The van der Waals surface area contributed by atoms with Gasteiger partial charge in [-0.1, -0.05) is 26.0 Å². The van der Waals surface area contributed by atoms with Gasteiger partial charge in [0.25, 0.3) is 5.91 Å². The number of aromatic nitrogens is 2. The Morgan fingerprint density at radius 3 is 2.83 bits per heavy atom. The molecule has 2 aliphatic rings. The summed E-state index contributed by atoms with van der Waals surface area (Å²) >= 11 is 0. The third kappa shape index (κ3) is 7.19. The predicted octanol–water partition coefficient (Wildman–Crippen LogP) is 3.60. The van der Waals surface area contributed by atoms with Crippen LogP contribution in [0, 0.1) is 5.92 Å². The van der Waals surface area contributed by atoms with E-state index < -0.39 is 0 Å². The first-order valence-corrected chi connectivity index (χ1v) is 13.7. The van der Waals surface area contributed by atoms with Crippen molar-refractivity contribution in [3.05, 3.63) is 71.8 Å². The Bertz CT molecular complexity index is 1310. The van der Waals surface area contributed by atoms with Crippen LogP contribution in [0.1, 0.15) is 42.0 Å². The summed E-state index contributed by atoms with van der Waals surface area (Å²) < 4.78 is 18.5. The van der Waals surface area contributed by atoms with Crippen molar-refractivity contribution < 1.29 is 23.8 Å². The summed E-state index contributed by atoms with van der Waals surface area (Å²) in [6, 6.07) is 12.7. The smallest absolute Gasteiger partial charge is 0.254 e. The number of carbonyl (C=O) groups is 2. The monoisotopic (exact) mass is 547 g/mol. The lowest BCUT2D eigenvalue weighted by atomic mass is 10.0. The minimum Gasteiger partial charge on any atom is -0.493 e. The van der Waals surface area contributed by atoms with Gasteiger partial charge in [-0.3, -0.25) is 14.5 Å². The highest BCUT2D eigenvalue weighted by atomic mass is 16.5. The minimum atomic E-state index is -0.295. The van der Waals surface area contributed by atoms with Gasteiger partial charge in [-0.15, -0.1) is 0 Å². The second-order valence-corrected chi connectivity index (χ2v) is 10.9. The first-order chi connectivity index (χ1) is 19.3. The fourth-order valence-corrected chi connectivity index (χ4v) is 4.95. The van der Waals surface area contributed by atoms with Gasteiger partial charge in [-0.2, -0.15) is 0 Å². The van der Waals surface area contributed by atoms with E-state index in [1.165, 1.54) is 4.90 Å². The van der Waals surface area contributed by atoms with E-state index in [4.69, 9.17) is 14.2 Å². The molecule has 3 heterocycles. The Kier molecular flexibility index (Phi) is 8.66. The molecule has 2 N–H and O–H groups in total. The molecular formula is C30H37N5O5. The molecule has 0 aliphatic carbocycles. The summed E-state index contributed by atoms with van der Waals surface area (Å²) in [6.07, 6.45) is 4.04. The van der Waals surface area contributed by atoms with Crippen molar-refractivity contribution >= 4 is 11.8 Å². The maximum absolute atomic E-state index is 13.4. The number of imidazole rings is 1. The number of carbonyl (C=O) groups excluding carboxylic acids is 2. The number of rotatable bonds is 5. The van der Waals surface area contributed by atoms with Crippen LogP contribution in [0.4, 0.5) is 0 Å². The number of piperidine rings is 1. The number of benzene rings is 2. The Morgan fingerprint density at radius 1 is 1.15 bits per heavy atom. The second-order valence-electron chi connectivity index (χ2n) is 10.9. The van der Waals surface area contributed by atoms with Crippen LogP contribution in [0.25, 0.3) is 0 Å². The van der Waals surface area contributed by atoms with E-state index in [0.29, 0.717) is 55.0 Å². The zero-order valence-electron chi connectivity index (χ0n) is 23.3. The molecule has 0 unspecified atom stereocenters. The summed E-state index contributed by atoms with van der Waals surface area (Å²) in [5, 5.41) is 3.13. The van der Waals surface area contributed by atoms with Crippen LogP contribution in [0.3, 0.4) is 0 Å². The van der Waals surface area contributed by atoms with Crippen molar-refractivity contribution in [2.75, 3.05) is 33.3 Å². The van der Waals surface area contributed by atoms with Crippen molar-refractivity contribution in [3.63, 3.8) is 0 Å². The summed E-state index contributed by atoms with van der Waals surface area (Å²) in [4.78, 5) is 37.7. The number of nitrogens with one attached hydrogen (secondary N) is 2. The van der Waals surface area contributed by atoms with Gasteiger partial charge >= 0.3 is 0 Å². The molecule has 212 valence electrons. The lowest BCUT2D eigenvalue weighted by Crippen LogP contribution is -2.56. The molecule has 2 amide bonds. The van der Waals surface area contributed by atoms with Gasteiger partial charge < -0.3 is 29.4 Å². The summed E-state index contributed by atoms with van der Waals surface area (Å²) in [7, 11) is 1.62. The SMILES string of the molecule is CC(C)COc1cc2cc(c1)C(=O)N(C)CC(=O)N[C@H]1CCN(Cc3ncc[nH]3)C[C@@H]1OCc1cccc(c1)O2. The molecule has 10 nitrogen and oxygen atoms in total. The molecule has 2 aliphatic heterocycles. The van der Waals surface area contributed by atoms with Crippen molar-refractivity contribution in [2.24, 2.45) is 5.92 Å². The Labute approximate surface area is 234 Å². The van der Waals surface area contributed by atoms with Crippen LogP contribution in [-0.2, 0) is 22.7 Å². The molecular weight excluding hydrogens is 510 g/mol. The predicted molar refractivity (Wildman–Crippen MR) is 149 cm³/mol. The average Bonchev–Trinajstić information content (AvgIpc) is 3.44. The summed E-state index contributed by atoms with van der Waals surface area (Å²) in [6.45, 7) is 7.01. The molecule has 10 heteroatoms. The van der Waals surface area contributed by atoms with Crippen molar-refractivity contribution in [1.29, 1.82) is 0 Å². The molecule has 4 bridgehead atoms. The van der Waals surface area contributed by atoms with Crippen LogP contribution >= 0.6 is 0 Å². The van der Waals surface area contributed by atoms with E-state index in [1.807, 2.05) is 30.5 Å². The van der Waals surface area contributed by atoms with Gasteiger partial charge in [-0.05, 0) is 42.2 Å². The molecule has 3 aromatic rings. The summed E-state index contributed by atoms with van der Waals surface area (Å²) in [5.41, 5.74) is 1.34. The van der Waals surface area contributed by atoms with Gasteiger partial charge in [0, 0.05) is 44.2 Å². The maximum atomic E-state index is 13.4. The largest absolute Gasteiger partial charge is 0.493 e. The van der Waals surface area contributed by atoms with Gasteiger partial charge in [-0.25, -0.2) is 4.98 Å². The van der Waals surface area contributed by atoms with Crippen LogP contribution in [0.2, 0.25) is 0 Å². The topological polar surface area (TPSA) is 109 Å². The number of amides is 2. The first kappa shape index (κ1) is 27.7. The van der Waals surface area contributed by atoms with Crippen molar-refractivity contribution in [3.8, 4) is 17.2 Å². The molecule has 0 spiro atoms. The number of likely N-dealkylation sites (tertiary alicyclic amines) is 1. The quantitative estimate of drug-likeness (QED) is 0.502. The number of hydrogen-bond donors (Lipinski definition) is 2. The van der Waals surface area contributed by atoms with E-state index in [-0.39, 0.29) is 30.5 Å². The number of H-pyrrole nitrogens is 1. The third-order valence-corrected chi connectivity index (χ3v) is 6.95. The Morgan fingerprint density at radius 2 is 2.02 bits per heavy atom.